The normalized spacial score (nSPS) is 12.5. The molecule has 21 heavy (non-hydrogen) atoms. The lowest BCUT2D eigenvalue weighted by molar-refractivity contribution is 0.150. The fourth-order valence-corrected chi connectivity index (χ4v) is 5.28. The second-order valence-corrected chi connectivity index (χ2v) is 8.12. The van der Waals surface area contributed by atoms with E-state index in [1.165, 1.54) is 0 Å². The first-order chi connectivity index (χ1) is 9.83. The third-order valence-electron chi connectivity index (χ3n) is 2.84. The lowest BCUT2D eigenvalue weighted by Gasteiger charge is -2.24. The van der Waals surface area contributed by atoms with E-state index in [2.05, 4.69) is 15.9 Å². The Balaban J connectivity index is 2.59. The van der Waals surface area contributed by atoms with Crippen molar-refractivity contribution in [3.63, 3.8) is 0 Å². The standard InChI is InChI=1S/C16H20BrO3P/c1-11(2)19-21(18,20-12(3)4)15-10-9-13-7-5-6-8-14(13)16(15)17/h5-12H,1-4H3. The molecule has 0 aliphatic rings. The van der Waals surface area contributed by atoms with Crippen molar-refractivity contribution in [2.24, 2.45) is 0 Å². The van der Waals surface area contributed by atoms with E-state index in [4.69, 9.17) is 9.05 Å². The lowest BCUT2D eigenvalue weighted by Crippen LogP contribution is -2.18. The number of rotatable bonds is 5. The van der Waals surface area contributed by atoms with E-state index >= 15 is 0 Å². The van der Waals surface area contributed by atoms with Crippen LogP contribution >= 0.6 is 23.5 Å². The fourth-order valence-electron chi connectivity index (χ4n) is 2.13. The van der Waals surface area contributed by atoms with Crippen molar-refractivity contribution in [2.75, 3.05) is 0 Å². The minimum absolute atomic E-state index is 0.187. The molecule has 0 saturated heterocycles. The molecule has 0 unspecified atom stereocenters. The summed E-state index contributed by atoms with van der Waals surface area (Å²) < 4.78 is 25.3. The number of hydrogen-bond acceptors (Lipinski definition) is 3. The lowest BCUT2D eigenvalue weighted by atomic mass is 10.1. The topological polar surface area (TPSA) is 35.5 Å². The average Bonchev–Trinajstić information content (AvgIpc) is 2.37. The maximum atomic E-state index is 13.2. The minimum atomic E-state index is -3.37. The zero-order valence-corrected chi connectivity index (χ0v) is 15.1. The number of benzene rings is 2. The van der Waals surface area contributed by atoms with Gasteiger partial charge in [0.05, 0.1) is 17.5 Å². The van der Waals surface area contributed by atoms with Gasteiger partial charge in [-0.2, -0.15) is 0 Å². The Morgan fingerprint density at radius 2 is 1.52 bits per heavy atom. The van der Waals surface area contributed by atoms with Crippen LogP contribution in [-0.4, -0.2) is 12.2 Å². The van der Waals surface area contributed by atoms with Gasteiger partial charge in [0, 0.05) is 4.47 Å². The molecule has 2 aromatic carbocycles. The summed E-state index contributed by atoms with van der Waals surface area (Å²) in [7, 11) is -3.37. The third kappa shape index (κ3) is 3.75. The molecular formula is C16H20BrO3P. The molecule has 0 aromatic heterocycles. The van der Waals surface area contributed by atoms with Crippen molar-refractivity contribution in [1.29, 1.82) is 0 Å². The van der Waals surface area contributed by atoms with Crippen LogP contribution < -0.4 is 5.30 Å². The van der Waals surface area contributed by atoms with Gasteiger partial charge in [0.25, 0.3) is 0 Å². The Labute approximate surface area is 134 Å². The van der Waals surface area contributed by atoms with Crippen LogP contribution in [0, 0.1) is 0 Å². The Kier molecular flexibility index (Phi) is 5.26. The molecule has 0 amide bonds. The molecule has 3 nitrogen and oxygen atoms in total. The van der Waals surface area contributed by atoms with Gasteiger partial charge in [-0.15, -0.1) is 0 Å². The molecule has 2 rings (SSSR count). The Morgan fingerprint density at radius 3 is 2.10 bits per heavy atom. The predicted molar refractivity (Wildman–Crippen MR) is 91.3 cm³/mol. The van der Waals surface area contributed by atoms with Crippen molar-refractivity contribution < 1.29 is 13.6 Å². The van der Waals surface area contributed by atoms with E-state index in [0.29, 0.717) is 5.30 Å². The molecule has 0 aliphatic heterocycles. The minimum Gasteiger partial charge on any atom is -0.302 e. The first-order valence-electron chi connectivity index (χ1n) is 6.98. The highest BCUT2D eigenvalue weighted by Crippen LogP contribution is 2.51. The molecule has 0 radical (unpaired) electrons. The highest BCUT2D eigenvalue weighted by Gasteiger charge is 2.33. The molecule has 0 spiro atoms. The van der Waals surface area contributed by atoms with Gasteiger partial charge in [-0.1, -0.05) is 30.3 Å². The van der Waals surface area contributed by atoms with Gasteiger partial charge in [0.1, 0.15) is 0 Å². The van der Waals surface area contributed by atoms with Crippen LogP contribution in [0.15, 0.2) is 40.9 Å². The van der Waals surface area contributed by atoms with Crippen LogP contribution in [0.5, 0.6) is 0 Å². The molecule has 5 heteroatoms. The SMILES string of the molecule is CC(C)OP(=O)(OC(C)C)c1ccc2ccccc2c1Br. The molecule has 0 heterocycles. The smallest absolute Gasteiger partial charge is 0.302 e. The molecule has 0 aliphatic carbocycles. The second-order valence-electron chi connectivity index (χ2n) is 5.43. The summed E-state index contributed by atoms with van der Waals surface area (Å²) in [5.41, 5.74) is 0. The van der Waals surface area contributed by atoms with E-state index < -0.39 is 7.60 Å². The predicted octanol–water partition coefficient (Wildman–Crippen LogP) is 5.27. The number of hydrogen-bond donors (Lipinski definition) is 0. The highest BCUT2D eigenvalue weighted by molar-refractivity contribution is 9.11. The molecule has 0 saturated carbocycles. The van der Waals surface area contributed by atoms with Crippen molar-refractivity contribution >= 4 is 39.6 Å². The first-order valence-corrected chi connectivity index (χ1v) is 9.31. The molecule has 0 N–H and O–H groups in total. The molecular weight excluding hydrogens is 351 g/mol. The van der Waals surface area contributed by atoms with Crippen molar-refractivity contribution in [1.82, 2.24) is 0 Å². The molecule has 2 aromatic rings. The Bertz CT molecular complexity index is 668. The highest BCUT2D eigenvalue weighted by atomic mass is 79.9. The van der Waals surface area contributed by atoms with Gasteiger partial charge >= 0.3 is 7.60 Å². The second kappa shape index (κ2) is 6.62. The molecule has 0 bridgehead atoms. The summed E-state index contributed by atoms with van der Waals surface area (Å²) in [6.45, 7) is 7.41. The monoisotopic (exact) mass is 370 g/mol. The van der Waals surface area contributed by atoms with Crippen molar-refractivity contribution in [3.8, 4) is 0 Å². The van der Waals surface area contributed by atoms with E-state index in [1.807, 2.05) is 64.1 Å². The van der Waals surface area contributed by atoms with Crippen molar-refractivity contribution in [3.05, 3.63) is 40.9 Å². The van der Waals surface area contributed by atoms with E-state index in [0.717, 1.165) is 15.2 Å². The maximum Gasteiger partial charge on any atom is 0.362 e. The summed E-state index contributed by atoms with van der Waals surface area (Å²) in [5, 5.41) is 2.65. The van der Waals surface area contributed by atoms with E-state index in [1.54, 1.807) is 0 Å². The van der Waals surface area contributed by atoms with Crippen LogP contribution in [0.2, 0.25) is 0 Å². The van der Waals surface area contributed by atoms with Gasteiger partial charge in [0.2, 0.25) is 0 Å². The summed E-state index contributed by atoms with van der Waals surface area (Å²) in [5.74, 6) is 0. The fraction of sp³-hybridized carbons (Fsp3) is 0.375. The summed E-state index contributed by atoms with van der Waals surface area (Å²) in [6.07, 6.45) is -0.374. The van der Waals surface area contributed by atoms with Gasteiger partial charge in [-0.05, 0) is 60.5 Å². The van der Waals surface area contributed by atoms with Crippen LogP contribution in [0.1, 0.15) is 27.7 Å². The van der Waals surface area contributed by atoms with Crippen LogP contribution in [-0.2, 0) is 13.6 Å². The van der Waals surface area contributed by atoms with Gasteiger partial charge in [-0.25, -0.2) is 0 Å². The molecule has 114 valence electrons. The Hall–Kier alpha value is -0.670. The van der Waals surface area contributed by atoms with Crippen molar-refractivity contribution in [2.45, 2.75) is 39.9 Å². The van der Waals surface area contributed by atoms with Crippen LogP contribution in [0.4, 0.5) is 0 Å². The average molecular weight is 371 g/mol. The maximum absolute atomic E-state index is 13.2. The molecule has 0 atom stereocenters. The number of fused-ring (bicyclic) bond motifs is 1. The van der Waals surface area contributed by atoms with Gasteiger partial charge in [-0.3, -0.25) is 4.57 Å². The quantitative estimate of drug-likeness (QED) is 0.672. The van der Waals surface area contributed by atoms with Crippen LogP contribution in [0.25, 0.3) is 10.8 Å². The van der Waals surface area contributed by atoms with Gasteiger partial charge < -0.3 is 9.05 Å². The number of halogens is 1. The third-order valence-corrected chi connectivity index (χ3v) is 6.36. The molecule has 0 fully saturated rings. The first kappa shape index (κ1) is 16.7. The van der Waals surface area contributed by atoms with Gasteiger partial charge in [0.15, 0.2) is 0 Å². The largest absolute Gasteiger partial charge is 0.362 e. The summed E-state index contributed by atoms with van der Waals surface area (Å²) in [6, 6.07) is 11.7. The van der Waals surface area contributed by atoms with E-state index in [-0.39, 0.29) is 12.2 Å². The zero-order valence-electron chi connectivity index (χ0n) is 12.7. The van der Waals surface area contributed by atoms with E-state index in [9.17, 15) is 4.57 Å². The summed E-state index contributed by atoms with van der Waals surface area (Å²) in [4.78, 5) is 0. The Morgan fingerprint density at radius 1 is 0.952 bits per heavy atom. The van der Waals surface area contributed by atoms with Crippen LogP contribution in [0.3, 0.4) is 0 Å². The summed E-state index contributed by atoms with van der Waals surface area (Å²) >= 11 is 3.57. The zero-order chi connectivity index (χ0) is 15.6.